The minimum absolute atomic E-state index is 0.0582. The molecule has 3 rings (SSSR count). The summed E-state index contributed by atoms with van der Waals surface area (Å²) in [6.45, 7) is 5.84. The van der Waals surface area contributed by atoms with E-state index in [0.29, 0.717) is 23.7 Å². The number of aromatic hydroxyl groups is 1. The third-order valence-electron chi connectivity index (χ3n) is 5.15. The van der Waals surface area contributed by atoms with E-state index < -0.39 is 5.63 Å². The van der Waals surface area contributed by atoms with Crippen molar-refractivity contribution in [3.63, 3.8) is 0 Å². The van der Waals surface area contributed by atoms with Gasteiger partial charge in [0.05, 0.1) is 5.56 Å². The van der Waals surface area contributed by atoms with Gasteiger partial charge in [-0.15, -0.1) is 11.3 Å². The van der Waals surface area contributed by atoms with Crippen molar-refractivity contribution in [1.82, 2.24) is 0 Å². The summed E-state index contributed by atoms with van der Waals surface area (Å²) in [7, 11) is 0. The molecular formula is C21H28O4S. The number of ether oxygens (including phenoxy) is 1. The molecule has 2 aromatic heterocycles. The van der Waals surface area contributed by atoms with Crippen LogP contribution in [0.2, 0.25) is 0 Å². The van der Waals surface area contributed by atoms with E-state index in [-0.39, 0.29) is 11.7 Å². The summed E-state index contributed by atoms with van der Waals surface area (Å²) in [6, 6.07) is 5.80. The first-order chi connectivity index (χ1) is 12.6. The van der Waals surface area contributed by atoms with Crippen LogP contribution in [-0.4, -0.2) is 18.3 Å². The van der Waals surface area contributed by atoms with Crippen LogP contribution in [0.1, 0.15) is 66.5 Å². The fourth-order valence-corrected chi connectivity index (χ4v) is 4.75. The van der Waals surface area contributed by atoms with Gasteiger partial charge in [-0.05, 0) is 43.7 Å². The Morgan fingerprint density at radius 1 is 1.31 bits per heavy atom. The van der Waals surface area contributed by atoms with Gasteiger partial charge in [-0.25, -0.2) is 4.79 Å². The van der Waals surface area contributed by atoms with Crippen LogP contribution in [0.4, 0.5) is 0 Å². The Morgan fingerprint density at radius 2 is 2.12 bits per heavy atom. The standard InChI is InChI=1S/C21H28O4S/c1-3-5-16-6-7-17(26-16)11-18-19(22)12-20(25-21(18)23)15(4-2)10-14-8-9-24-13-14/h6-7,12,14-15,22H,3-5,8-11,13H2,1-2H3. The van der Waals surface area contributed by atoms with Crippen LogP contribution in [0.5, 0.6) is 5.75 Å². The average molecular weight is 377 g/mol. The van der Waals surface area contributed by atoms with Gasteiger partial charge in [0.1, 0.15) is 11.5 Å². The Labute approximate surface area is 158 Å². The Hall–Kier alpha value is -1.59. The van der Waals surface area contributed by atoms with Crippen LogP contribution in [0.15, 0.2) is 27.4 Å². The summed E-state index contributed by atoms with van der Waals surface area (Å²) in [6.07, 6.45) is 5.45. The van der Waals surface area contributed by atoms with Crippen LogP contribution in [-0.2, 0) is 17.6 Å². The Bertz CT molecular complexity index is 771. The van der Waals surface area contributed by atoms with Crippen molar-refractivity contribution in [3.8, 4) is 5.75 Å². The number of rotatable bonds is 8. The normalized spacial score (nSPS) is 18.3. The molecule has 5 heteroatoms. The van der Waals surface area contributed by atoms with E-state index in [2.05, 4.69) is 19.9 Å². The molecule has 3 heterocycles. The average Bonchev–Trinajstić information content (AvgIpc) is 3.28. The van der Waals surface area contributed by atoms with Gasteiger partial charge in [-0.2, -0.15) is 0 Å². The molecule has 2 atom stereocenters. The second kappa shape index (κ2) is 8.87. The first-order valence-corrected chi connectivity index (χ1v) is 10.4. The third kappa shape index (κ3) is 4.57. The van der Waals surface area contributed by atoms with Crippen LogP contribution in [0.25, 0.3) is 0 Å². The zero-order valence-corrected chi connectivity index (χ0v) is 16.4. The van der Waals surface area contributed by atoms with Crippen LogP contribution >= 0.6 is 11.3 Å². The van der Waals surface area contributed by atoms with E-state index in [4.69, 9.17) is 9.15 Å². The first kappa shape index (κ1) is 19.2. The maximum atomic E-state index is 12.5. The molecule has 1 N–H and O–H groups in total. The number of hydrogen-bond acceptors (Lipinski definition) is 5. The van der Waals surface area contributed by atoms with Gasteiger partial charge in [0.2, 0.25) is 0 Å². The fourth-order valence-electron chi connectivity index (χ4n) is 3.62. The third-order valence-corrected chi connectivity index (χ3v) is 6.29. The van der Waals surface area contributed by atoms with E-state index in [1.807, 2.05) is 6.07 Å². The van der Waals surface area contributed by atoms with Crippen LogP contribution < -0.4 is 5.63 Å². The van der Waals surface area contributed by atoms with Crippen molar-refractivity contribution < 1.29 is 14.3 Å². The van der Waals surface area contributed by atoms with Crippen molar-refractivity contribution in [2.75, 3.05) is 13.2 Å². The van der Waals surface area contributed by atoms with Gasteiger partial charge in [0, 0.05) is 41.4 Å². The molecule has 0 saturated carbocycles. The molecule has 0 spiro atoms. The highest BCUT2D eigenvalue weighted by atomic mass is 32.1. The molecular weight excluding hydrogens is 348 g/mol. The highest BCUT2D eigenvalue weighted by molar-refractivity contribution is 7.12. The van der Waals surface area contributed by atoms with Crippen molar-refractivity contribution in [1.29, 1.82) is 0 Å². The smallest absolute Gasteiger partial charge is 0.343 e. The minimum atomic E-state index is -0.411. The molecule has 26 heavy (non-hydrogen) atoms. The lowest BCUT2D eigenvalue weighted by atomic mass is 9.89. The predicted octanol–water partition coefficient (Wildman–Crippen LogP) is 4.87. The zero-order chi connectivity index (χ0) is 18.5. The van der Waals surface area contributed by atoms with Crippen molar-refractivity contribution >= 4 is 11.3 Å². The topological polar surface area (TPSA) is 59.7 Å². The van der Waals surface area contributed by atoms with Gasteiger partial charge < -0.3 is 14.3 Å². The van der Waals surface area contributed by atoms with Crippen molar-refractivity contribution in [2.24, 2.45) is 5.92 Å². The Balaban J connectivity index is 1.77. The van der Waals surface area contributed by atoms with E-state index >= 15 is 0 Å². The molecule has 0 aromatic carbocycles. The van der Waals surface area contributed by atoms with Gasteiger partial charge in [-0.3, -0.25) is 0 Å². The predicted molar refractivity (Wildman–Crippen MR) is 104 cm³/mol. The van der Waals surface area contributed by atoms with Gasteiger partial charge in [0.25, 0.3) is 0 Å². The molecule has 0 radical (unpaired) electrons. The lowest BCUT2D eigenvalue weighted by molar-refractivity contribution is 0.181. The molecule has 0 aliphatic carbocycles. The zero-order valence-electron chi connectivity index (χ0n) is 15.6. The molecule has 0 bridgehead atoms. The number of thiophene rings is 1. The highest BCUT2D eigenvalue weighted by Gasteiger charge is 2.24. The molecule has 0 amide bonds. The maximum Gasteiger partial charge on any atom is 0.343 e. The summed E-state index contributed by atoms with van der Waals surface area (Å²) in [5.41, 5.74) is -0.0516. The first-order valence-electron chi connectivity index (χ1n) is 9.61. The van der Waals surface area contributed by atoms with Crippen LogP contribution in [0.3, 0.4) is 0 Å². The SMILES string of the molecule is CCCc1ccc(Cc2c(O)cc(C(CC)CC3CCOC3)oc2=O)s1. The van der Waals surface area contributed by atoms with Gasteiger partial charge in [0.15, 0.2) is 0 Å². The highest BCUT2D eigenvalue weighted by Crippen LogP contribution is 2.33. The van der Waals surface area contributed by atoms with E-state index in [0.717, 1.165) is 50.2 Å². The second-order valence-electron chi connectivity index (χ2n) is 7.17. The molecule has 2 unspecified atom stereocenters. The van der Waals surface area contributed by atoms with E-state index in [1.54, 1.807) is 17.4 Å². The van der Waals surface area contributed by atoms with Crippen LogP contribution in [0, 0.1) is 5.92 Å². The Morgan fingerprint density at radius 3 is 2.77 bits per heavy atom. The summed E-state index contributed by atoms with van der Waals surface area (Å²) in [4.78, 5) is 14.9. The van der Waals surface area contributed by atoms with Crippen molar-refractivity contribution in [3.05, 3.63) is 49.7 Å². The summed E-state index contributed by atoms with van der Waals surface area (Å²) in [5.74, 6) is 1.31. The number of aryl methyl sites for hydroxylation is 1. The molecule has 4 nitrogen and oxygen atoms in total. The largest absolute Gasteiger partial charge is 0.507 e. The maximum absolute atomic E-state index is 12.5. The number of hydrogen-bond donors (Lipinski definition) is 1. The van der Waals surface area contributed by atoms with Gasteiger partial charge >= 0.3 is 5.63 Å². The minimum Gasteiger partial charge on any atom is -0.507 e. The molecule has 1 saturated heterocycles. The Kier molecular flexibility index (Phi) is 6.54. The summed E-state index contributed by atoms with van der Waals surface area (Å²) >= 11 is 1.70. The fraction of sp³-hybridized carbons (Fsp3) is 0.571. The van der Waals surface area contributed by atoms with E-state index in [1.165, 1.54) is 4.88 Å². The molecule has 1 aliphatic rings. The van der Waals surface area contributed by atoms with E-state index in [9.17, 15) is 9.90 Å². The molecule has 2 aromatic rings. The quantitative estimate of drug-likeness (QED) is 0.714. The molecule has 1 fully saturated rings. The summed E-state index contributed by atoms with van der Waals surface area (Å²) in [5, 5.41) is 10.5. The second-order valence-corrected chi connectivity index (χ2v) is 8.42. The van der Waals surface area contributed by atoms with Crippen molar-refractivity contribution in [2.45, 2.75) is 58.3 Å². The monoisotopic (exact) mass is 376 g/mol. The summed E-state index contributed by atoms with van der Waals surface area (Å²) < 4.78 is 11.1. The lowest BCUT2D eigenvalue weighted by Gasteiger charge is -2.17. The molecule has 1 aliphatic heterocycles. The van der Waals surface area contributed by atoms with Gasteiger partial charge in [-0.1, -0.05) is 20.3 Å². The lowest BCUT2D eigenvalue weighted by Crippen LogP contribution is -2.13. The molecule has 142 valence electrons.